The molecule has 0 saturated heterocycles. The third-order valence-corrected chi connectivity index (χ3v) is 12.2. The SMILES string of the molecule is C=C/C=C\C=C(/c1ccc2ccccc2c1)c1c2ccccc2c(-c2ccc3c(c2)C(C)(C)c2cc(-c4ccc(C(C)(C)C)cc4)ccc2-3)c2ccccc12.C=CCC=C.S. The maximum absolute atomic E-state index is 3.95. The minimum atomic E-state index is -0.156. The van der Waals surface area contributed by atoms with E-state index in [1.807, 2.05) is 24.3 Å². The normalized spacial score (nSPS) is 13.0. The monoisotopic (exact) mass is 808 g/mol. The average Bonchev–Trinajstić information content (AvgIpc) is 3.49. The molecule has 61 heavy (non-hydrogen) atoms. The Labute approximate surface area is 370 Å². The molecule has 1 aliphatic carbocycles. The van der Waals surface area contributed by atoms with Crippen LogP contribution in [-0.4, -0.2) is 0 Å². The molecule has 0 spiro atoms. The highest BCUT2D eigenvalue weighted by atomic mass is 32.1. The largest absolute Gasteiger partial charge is 0.197 e. The van der Waals surface area contributed by atoms with E-state index in [0.29, 0.717) is 0 Å². The molecule has 1 aliphatic rings. The average molecular weight is 809 g/mol. The minimum absolute atomic E-state index is 0. The van der Waals surface area contributed by atoms with Gasteiger partial charge in [-0.25, -0.2) is 0 Å². The van der Waals surface area contributed by atoms with Crippen molar-refractivity contribution in [2.75, 3.05) is 0 Å². The summed E-state index contributed by atoms with van der Waals surface area (Å²) in [5.41, 5.74) is 15.5. The van der Waals surface area contributed by atoms with Gasteiger partial charge in [0, 0.05) is 5.41 Å². The van der Waals surface area contributed by atoms with Gasteiger partial charge in [0.1, 0.15) is 0 Å². The summed E-state index contributed by atoms with van der Waals surface area (Å²) in [4.78, 5) is 0. The van der Waals surface area contributed by atoms with Crippen LogP contribution < -0.4 is 0 Å². The zero-order chi connectivity index (χ0) is 42.0. The van der Waals surface area contributed by atoms with Crippen LogP contribution in [0.4, 0.5) is 0 Å². The molecule has 0 nitrogen and oxygen atoms in total. The van der Waals surface area contributed by atoms with Gasteiger partial charge in [-0.15, -0.1) is 13.2 Å². The summed E-state index contributed by atoms with van der Waals surface area (Å²) in [5.74, 6) is 0. The van der Waals surface area contributed by atoms with Crippen molar-refractivity contribution in [2.24, 2.45) is 0 Å². The Bertz CT molecular complexity index is 2930. The first-order valence-corrected chi connectivity index (χ1v) is 21.1. The van der Waals surface area contributed by atoms with Crippen LogP contribution in [0, 0.1) is 0 Å². The van der Waals surface area contributed by atoms with Gasteiger partial charge in [-0.3, -0.25) is 0 Å². The fraction of sp³-hybridized carbons (Fsp3) is 0.133. The molecule has 0 atom stereocenters. The van der Waals surface area contributed by atoms with Crippen LogP contribution in [0.15, 0.2) is 208 Å². The highest BCUT2D eigenvalue weighted by Crippen LogP contribution is 2.52. The van der Waals surface area contributed by atoms with Gasteiger partial charge in [-0.2, -0.15) is 13.5 Å². The lowest BCUT2D eigenvalue weighted by Gasteiger charge is -2.24. The Morgan fingerprint density at radius 1 is 0.541 bits per heavy atom. The molecular formula is C60H56S. The molecular weight excluding hydrogens is 753 g/mol. The molecule has 302 valence electrons. The van der Waals surface area contributed by atoms with Gasteiger partial charge >= 0.3 is 0 Å². The van der Waals surface area contributed by atoms with Gasteiger partial charge in [0.25, 0.3) is 0 Å². The molecule has 0 radical (unpaired) electrons. The molecule has 0 aliphatic heterocycles. The second-order valence-corrected chi connectivity index (χ2v) is 17.4. The Balaban J connectivity index is 0.000000885. The second-order valence-electron chi connectivity index (χ2n) is 17.4. The third kappa shape index (κ3) is 8.11. The lowest BCUT2D eigenvalue weighted by molar-refractivity contribution is 0.590. The van der Waals surface area contributed by atoms with Crippen LogP contribution in [0.5, 0.6) is 0 Å². The van der Waals surface area contributed by atoms with Crippen molar-refractivity contribution >= 4 is 51.4 Å². The number of benzene rings is 8. The van der Waals surface area contributed by atoms with Crippen molar-refractivity contribution in [1.29, 1.82) is 0 Å². The molecule has 0 heterocycles. The second kappa shape index (κ2) is 17.7. The van der Waals surface area contributed by atoms with Gasteiger partial charge < -0.3 is 0 Å². The van der Waals surface area contributed by atoms with Gasteiger partial charge in [0.2, 0.25) is 0 Å². The first-order valence-electron chi connectivity index (χ1n) is 21.1. The maximum atomic E-state index is 3.95. The van der Waals surface area contributed by atoms with E-state index in [2.05, 4.69) is 218 Å². The molecule has 0 fully saturated rings. The standard InChI is InChI=1S/C55H46.C5H8.H2S/c1-7-8-9-18-43(40-24-23-36-16-10-11-17-38(36)33-40)53-48-21-14-12-19-46(48)52(47-20-13-15-22-49(47)53)41-28-32-45-44-31-27-39(34-50(44)55(5,6)51(45)35-41)37-25-29-42(30-26-37)54(2,3)4;1-3-5-4-2;/h7-35H,1H2,2-6H3;3-4H,1-2,5H2;1H2/b9-8-,43-18+;;. The number of fused-ring (bicyclic) bond motifs is 6. The summed E-state index contributed by atoms with van der Waals surface area (Å²) in [7, 11) is 0. The van der Waals surface area contributed by atoms with Crippen LogP contribution >= 0.6 is 13.5 Å². The van der Waals surface area contributed by atoms with Crippen LogP contribution in [0.3, 0.4) is 0 Å². The summed E-state index contributed by atoms with van der Waals surface area (Å²) >= 11 is 0. The van der Waals surface area contributed by atoms with Crippen molar-refractivity contribution in [3.8, 4) is 33.4 Å². The first kappa shape index (κ1) is 42.7. The summed E-state index contributed by atoms with van der Waals surface area (Å²) < 4.78 is 0. The Morgan fingerprint density at radius 3 is 1.62 bits per heavy atom. The number of rotatable bonds is 8. The van der Waals surface area contributed by atoms with Gasteiger partial charge in [-0.1, -0.05) is 211 Å². The molecule has 0 amide bonds. The first-order chi connectivity index (χ1) is 29.0. The van der Waals surface area contributed by atoms with Gasteiger partial charge in [0.15, 0.2) is 0 Å². The van der Waals surface area contributed by atoms with Crippen LogP contribution in [0.25, 0.3) is 71.3 Å². The zero-order valence-corrected chi connectivity index (χ0v) is 37.2. The van der Waals surface area contributed by atoms with E-state index in [1.165, 1.54) is 99.1 Å². The molecule has 9 rings (SSSR count). The summed E-state index contributed by atoms with van der Waals surface area (Å²) in [6, 6.07) is 56.8. The lowest BCUT2D eigenvalue weighted by atomic mass is 9.79. The highest BCUT2D eigenvalue weighted by Gasteiger charge is 2.36. The smallest absolute Gasteiger partial charge is 0.0159 e. The number of hydrogen-bond donors (Lipinski definition) is 0. The number of hydrogen-bond acceptors (Lipinski definition) is 0. The molecule has 0 N–H and O–H groups in total. The van der Waals surface area contributed by atoms with E-state index in [-0.39, 0.29) is 24.3 Å². The molecule has 1 heteroatoms. The molecule has 0 aromatic heterocycles. The summed E-state index contributed by atoms with van der Waals surface area (Å²) in [6.07, 6.45) is 12.8. The van der Waals surface area contributed by atoms with Gasteiger partial charge in [0.05, 0.1) is 0 Å². The van der Waals surface area contributed by atoms with Crippen molar-refractivity contribution in [3.63, 3.8) is 0 Å². The predicted octanol–water partition coefficient (Wildman–Crippen LogP) is 17.1. The maximum Gasteiger partial charge on any atom is 0.0159 e. The fourth-order valence-electron chi connectivity index (χ4n) is 8.99. The van der Waals surface area contributed by atoms with E-state index in [1.54, 1.807) is 0 Å². The molecule has 8 aromatic rings. The van der Waals surface area contributed by atoms with Crippen molar-refractivity contribution < 1.29 is 0 Å². The van der Waals surface area contributed by atoms with Crippen molar-refractivity contribution in [1.82, 2.24) is 0 Å². The summed E-state index contributed by atoms with van der Waals surface area (Å²) in [5, 5.41) is 7.47. The van der Waals surface area contributed by atoms with Crippen LogP contribution in [0.1, 0.15) is 68.9 Å². The van der Waals surface area contributed by atoms with E-state index < -0.39 is 0 Å². The number of allylic oxidation sites excluding steroid dienone is 6. The quantitative estimate of drug-likeness (QED) is 0.0815. The van der Waals surface area contributed by atoms with Crippen molar-refractivity contribution in [2.45, 2.75) is 51.9 Å². The topological polar surface area (TPSA) is 0 Å². The summed E-state index contributed by atoms with van der Waals surface area (Å²) in [6.45, 7) is 22.5. The third-order valence-electron chi connectivity index (χ3n) is 12.2. The molecule has 0 bridgehead atoms. The van der Waals surface area contributed by atoms with E-state index >= 15 is 0 Å². The molecule has 0 saturated carbocycles. The highest BCUT2D eigenvalue weighted by molar-refractivity contribution is 7.59. The zero-order valence-electron chi connectivity index (χ0n) is 36.2. The van der Waals surface area contributed by atoms with Crippen LogP contribution in [-0.2, 0) is 10.8 Å². The molecule has 0 unspecified atom stereocenters. The van der Waals surface area contributed by atoms with E-state index in [0.717, 1.165) is 6.42 Å². The van der Waals surface area contributed by atoms with Gasteiger partial charge in [-0.05, 0) is 129 Å². The predicted molar refractivity (Wildman–Crippen MR) is 274 cm³/mol. The van der Waals surface area contributed by atoms with Crippen molar-refractivity contribution in [3.05, 3.63) is 236 Å². The van der Waals surface area contributed by atoms with E-state index in [9.17, 15) is 0 Å². The lowest BCUT2D eigenvalue weighted by Crippen LogP contribution is -2.15. The Kier molecular flexibility index (Phi) is 12.4. The Morgan fingerprint density at radius 2 is 1.07 bits per heavy atom. The van der Waals surface area contributed by atoms with Crippen LogP contribution in [0.2, 0.25) is 0 Å². The fourth-order valence-corrected chi connectivity index (χ4v) is 8.99. The Hall–Kier alpha value is -6.41. The molecule has 8 aromatic carbocycles. The minimum Gasteiger partial charge on any atom is -0.197 e. The van der Waals surface area contributed by atoms with E-state index in [4.69, 9.17) is 0 Å².